The first kappa shape index (κ1) is 17.5. The average Bonchev–Trinajstić information content (AvgIpc) is 2.99. The number of benzene rings is 1. The number of hydrogen-bond acceptors (Lipinski definition) is 4. The number of para-hydroxylation sites is 1. The van der Waals surface area contributed by atoms with Crippen LogP contribution in [-0.4, -0.2) is 30.5 Å². The molecule has 1 N–H and O–H groups in total. The van der Waals surface area contributed by atoms with Crippen LogP contribution in [0, 0.1) is 0 Å². The number of methoxy groups -OCH3 is 1. The molecule has 0 spiro atoms. The summed E-state index contributed by atoms with van der Waals surface area (Å²) in [5.41, 5.74) is 1.09. The van der Waals surface area contributed by atoms with Gasteiger partial charge in [-0.15, -0.1) is 11.3 Å². The molecular weight excluding hydrogens is 308 g/mol. The molecule has 0 aliphatic carbocycles. The second-order valence-electron chi connectivity index (χ2n) is 5.76. The quantitative estimate of drug-likeness (QED) is 0.806. The third kappa shape index (κ3) is 5.69. The maximum Gasteiger partial charge on any atom is 0.234 e. The van der Waals surface area contributed by atoms with Crippen molar-refractivity contribution in [3.05, 3.63) is 52.2 Å². The summed E-state index contributed by atoms with van der Waals surface area (Å²) in [5.74, 6) is 0.902. The van der Waals surface area contributed by atoms with Crippen molar-refractivity contribution >= 4 is 17.2 Å². The first-order valence-electron chi connectivity index (χ1n) is 7.74. The number of ether oxygens (including phenoxy) is 1. The van der Waals surface area contributed by atoms with Crippen LogP contribution in [0.5, 0.6) is 5.75 Å². The highest BCUT2D eigenvalue weighted by molar-refractivity contribution is 7.09. The molecule has 0 unspecified atom stereocenters. The summed E-state index contributed by atoms with van der Waals surface area (Å²) in [4.78, 5) is 15.5. The Bertz CT molecular complexity index is 611. The molecule has 0 saturated heterocycles. The van der Waals surface area contributed by atoms with Gasteiger partial charge in [0, 0.05) is 29.6 Å². The van der Waals surface area contributed by atoms with Gasteiger partial charge in [0.05, 0.1) is 13.7 Å². The molecule has 1 heterocycles. The predicted molar refractivity (Wildman–Crippen MR) is 94.7 cm³/mol. The van der Waals surface area contributed by atoms with E-state index in [0.717, 1.165) is 17.9 Å². The normalized spacial score (nSPS) is 11.0. The van der Waals surface area contributed by atoms with Crippen LogP contribution in [0.4, 0.5) is 0 Å². The predicted octanol–water partition coefficient (Wildman–Crippen LogP) is 3.28. The van der Waals surface area contributed by atoms with E-state index in [9.17, 15) is 4.79 Å². The molecule has 0 aliphatic rings. The molecule has 2 rings (SSSR count). The number of amides is 1. The van der Waals surface area contributed by atoms with Gasteiger partial charge in [-0.3, -0.25) is 9.69 Å². The smallest absolute Gasteiger partial charge is 0.234 e. The lowest BCUT2D eigenvalue weighted by Crippen LogP contribution is -2.39. The highest BCUT2D eigenvalue weighted by Crippen LogP contribution is 2.21. The number of carbonyl (C=O) groups excluding carboxylic acids is 1. The van der Waals surface area contributed by atoms with Gasteiger partial charge in [-0.05, 0) is 31.4 Å². The van der Waals surface area contributed by atoms with Crippen LogP contribution < -0.4 is 10.1 Å². The van der Waals surface area contributed by atoms with Crippen molar-refractivity contribution in [3.63, 3.8) is 0 Å². The van der Waals surface area contributed by atoms with E-state index in [1.54, 1.807) is 18.4 Å². The summed E-state index contributed by atoms with van der Waals surface area (Å²) >= 11 is 1.71. The summed E-state index contributed by atoms with van der Waals surface area (Å²) in [6, 6.07) is 12.2. The number of nitrogens with zero attached hydrogens (tertiary/aromatic N) is 1. The van der Waals surface area contributed by atoms with Crippen molar-refractivity contribution in [2.24, 2.45) is 0 Å². The van der Waals surface area contributed by atoms with Crippen molar-refractivity contribution in [3.8, 4) is 5.75 Å². The fraction of sp³-hybridized carbons (Fsp3) is 0.389. The highest BCUT2D eigenvalue weighted by atomic mass is 32.1. The van der Waals surface area contributed by atoms with E-state index in [4.69, 9.17) is 4.74 Å². The van der Waals surface area contributed by atoms with Crippen LogP contribution in [0.15, 0.2) is 41.8 Å². The topological polar surface area (TPSA) is 41.6 Å². The van der Waals surface area contributed by atoms with Crippen LogP contribution in [0.25, 0.3) is 0 Å². The first-order valence-corrected chi connectivity index (χ1v) is 8.62. The zero-order valence-corrected chi connectivity index (χ0v) is 14.7. The average molecular weight is 332 g/mol. The van der Waals surface area contributed by atoms with Crippen molar-refractivity contribution in [1.29, 1.82) is 0 Å². The molecule has 1 aromatic carbocycles. The number of hydrogen-bond donors (Lipinski definition) is 1. The minimum Gasteiger partial charge on any atom is -0.496 e. The van der Waals surface area contributed by atoms with Crippen molar-refractivity contribution in [2.45, 2.75) is 33.0 Å². The van der Waals surface area contributed by atoms with Crippen LogP contribution in [0.3, 0.4) is 0 Å². The summed E-state index contributed by atoms with van der Waals surface area (Å²) in [6.07, 6.45) is 0. The Morgan fingerprint density at radius 3 is 2.65 bits per heavy atom. The second-order valence-corrected chi connectivity index (χ2v) is 6.79. The largest absolute Gasteiger partial charge is 0.496 e. The minimum absolute atomic E-state index is 0.0476. The van der Waals surface area contributed by atoms with Crippen molar-refractivity contribution in [1.82, 2.24) is 10.2 Å². The molecule has 5 heteroatoms. The molecule has 23 heavy (non-hydrogen) atoms. The Hall–Kier alpha value is -1.85. The molecule has 0 bridgehead atoms. The Kier molecular flexibility index (Phi) is 6.62. The molecule has 0 radical (unpaired) electrons. The van der Waals surface area contributed by atoms with Gasteiger partial charge < -0.3 is 10.1 Å². The van der Waals surface area contributed by atoms with Gasteiger partial charge in [-0.2, -0.15) is 0 Å². The molecule has 2 aromatic rings. The molecule has 1 amide bonds. The van der Waals surface area contributed by atoms with Crippen LogP contribution in [-0.2, 0) is 17.9 Å². The minimum atomic E-state index is 0.0476. The fourth-order valence-electron chi connectivity index (χ4n) is 2.44. The Morgan fingerprint density at radius 2 is 2.00 bits per heavy atom. The van der Waals surface area contributed by atoms with Crippen LogP contribution >= 0.6 is 11.3 Å². The molecule has 0 saturated carbocycles. The van der Waals surface area contributed by atoms with Gasteiger partial charge in [0.1, 0.15) is 5.75 Å². The molecule has 4 nitrogen and oxygen atoms in total. The van der Waals surface area contributed by atoms with Gasteiger partial charge in [0.25, 0.3) is 0 Å². The zero-order chi connectivity index (χ0) is 16.7. The molecular formula is C18H24N2O2S. The number of thiophene rings is 1. The first-order chi connectivity index (χ1) is 11.1. The summed E-state index contributed by atoms with van der Waals surface area (Å²) in [5, 5.41) is 5.02. The van der Waals surface area contributed by atoms with E-state index in [1.807, 2.05) is 44.2 Å². The summed E-state index contributed by atoms with van der Waals surface area (Å²) in [6.45, 7) is 5.74. The monoisotopic (exact) mass is 332 g/mol. The maximum absolute atomic E-state index is 12.2. The van der Waals surface area contributed by atoms with Gasteiger partial charge in [0.15, 0.2) is 0 Å². The summed E-state index contributed by atoms with van der Waals surface area (Å²) in [7, 11) is 1.67. The van der Waals surface area contributed by atoms with Crippen molar-refractivity contribution in [2.75, 3.05) is 13.7 Å². The van der Waals surface area contributed by atoms with E-state index in [1.165, 1.54) is 4.88 Å². The van der Waals surface area contributed by atoms with Gasteiger partial charge in [-0.1, -0.05) is 24.3 Å². The Morgan fingerprint density at radius 1 is 1.22 bits per heavy atom. The van der Waals surface area contributed by atoms with E-state index < -0.39 is 0 Å². The van der Waals surface area contributed by atoms with E-state index in [-0.39, 0.29) is 11.9 Å². The van der Waals surface area contributed by atoms with E-state index in [0.29, 0.717) is 13.1 Å². The van der Waals surface area contributed by atoms with E-state index >= 15 is 0 Å². The lowest BCUT2D eigenvalue weighted by Gasteiger charge is -2.23. The van der Waals surface area contributed by atoms with Crippen LogP contribution in [0.1, 0.15) is 24.3 Å². The Labute approximate surface area is 142 Å². The SMILES string of the molecule is COc1ccccc1CN(CC(=O)NC(C)C)Cc1cccs1. The zero-order valence-electron chi connectivity index (χ0n) is 13.9. The van der Waals surface area contributed by atoms with Crippen LogP contribution in [0.2, 0.25) is 0 Å². The fourth-order valence-corrected chi connectivity index (χ4v) is 3.18. The number of rotatable bonds is 8. The number of carbonyl (C=O) groups is 1. The number of nitrogens with one attached hydrogen (secondary N) is 1. The van der Waals surface area contributed by atoms with Gasteiger partial charge >= 0.3 is 0 Å². The van der Waals surface area contributed by atoms with Gasteiger partial charge in [0.2, 0.25) is 5.91 Å². The lowest BCUT2D eigenvalue weighted by molar-refractivity contribution is -0.123. The van der Waals surface area contributed by atoms with Crippen molar-refractivity contribution < 1.29 is 9.53 Å². The highest BCUT2D eigenvalue weighted by Gasteiger charge is 2.15. The molecule has 0 fully saturated rings. The maximum atomic E-state index is 12.2. The second kappa shape index (κ2) is 8.70. The summed E-state index contributed by atoms with van der Waals surface area (Å²) < 4.78 is 5.43. The third-order valence-electron chi connectivity index (χ3n) is 3.36. The standard InChI is InChI=1S/C18H24N2O2S/c1-14(2)19-18(21)13-20(12-16-8-6-10-23-16)11-15-7-4-5-9-17(15)22-3/h4-10,14H,11-13H2,1-3H3,(H,19,21). The third-order valence-corrected chi connectivity index (χ3v) is 4.22. The lowest BCUT2D eigenvalue weighted by atomic mass is 10.2. The Balaban J connectivity index is 2.10. The molecule has 1 aromatic heterocycles. The molecule has 0 atom stereocenters. The molecule has 124 valence electrons. The van der Waals surface area contributed by atoms with Gasteiger partial charge in [-0.25, -0.2) is 0 Å². The van der Waals surface area contributed by atoms with E-state index in [2.05, 4.69) is 21.7 Å². The molecule has 0 aliphatic heterocycles.